The molecule has 0 saturated carbocycles. The smallest absolute Gasteiger partial charge is 0.118 e. The summed E-state index contributed by atoms with van der Waals surface area (Å²) in [4.78, 5) is 5.41. The molecule has 29 heavy (non-hydrogen) atoms. The molecule has 0 aliphatic carbocycles. The highest BCUT2D eigenvalue weighted by molar-refractivity contribution is 5.50. The van der Waals surface area contributed by atoms with Crippen LogP contribution in [0, 0.1) is 5.92 Å². The van der Waals surface area contributed by atoms with E-state index >= 15 is 0 Å². The van der Waals surface area contributed by atoms with Gasteiger partial charge in [0.15, 0.2) is 0 Å². The maximum Gasteiger partial charge on any atom is 0.118 e. The van der Waals surface area contributed by atoms with Gasteiger partial charge in [-0.3, -0.25) is 0 Å². The van der Waals surface area contributed by atoms with Crippen LogP contribution >= 0.6 is 0 Å². The molecule has 4 heterocycles. The Morgan fingerprint density at radius 3 is 2.34 bits per heavy atom. The van der Waals surface area contributed by atoms with E-state index in [-0.39, 0.29) is 5.41 Å². The summed E-state index contributed by atoms with van der Waals surface area (Å²) in [7, 11) is 1.71. The molecule has 1 N–H and O–H groups in total. The van der Waals surface area contributed by atoms with Gasteiger partial charge in [-0.15, -0.1) is 0 Å². The zero-order valence-corrected chi connectivity index (χ0v) is 17.3. The molecule has 4 aliphatic heterocycles. The van der Waals surface area contributed by atoms with Crippen LogP contribution < -0.4 is 10.1 Å². The average molecular weight is 390 g/mol. The molecule has 2 aromatic rings. The van der Waals surface area contributed by atoms with Gasteiger partial charge in [0.2, 0.25) is 0 Å². The predicted octanol–water partition coefficient (Wildman–Crippen LogP) is 2.87. The maximum atomic E-state index is 5.25. The van der Waals surface area contributed by atoms with Crippen LogP contribution in [0.1, 0.15) is 11.1 Å². The Labute approximate surface area is 174 Å². The minimum atomic E-state index is 0.187. The summed E-state index contributed by atoms with van der Waals surface area (Å²) in [6.45, 7) is 8.13. The first-order chi connectivity index (χ1) is 14.3. The summed E-state index contributed by atoms with van der Waals surface area (Å²) in [6.07, 6.45) is 4.47. The van der Waals surface area contributed by atoms with E-state index < -0.39 is 0 Å². The number of benzene rings is 2. The highest BCUT2D eigenvalue weighted by Crippen LogP contribution is 2.43. The monoisotopic (exact) mass is 389 g/mol. The van der Waals surface area contributed by atoms with Crippen molar-refractivity contribution in [1.29, 1.82) is 0 Å². The van der Waals surface area contributed by atoms with Crippen LogP contribution in [-0.2, 0) is 5.41 Å². The molecular formula is C25H31N3O. The van der Waals surface area contributed by atoms with Gasteiger partial charge in [-0.2, -0.15) is 0 Å². The van der Waals surface area contributed by atoms with E-state index in [1.54, 1.807) is 7.11 Å². The van der Waals surface area contributed by atoms with Crippen molar-refractivity contribution in [3.63, 3.8) is 0 Å². The second kappa shape index (κ2) is 7.94. The largest absolute Gasteiger partial charge is 0.497 e. The van der Waals surface area contributed by atoms with Gasteiger partial charge in [-0.05, 0) is 23.3 Å². The van der Waals surface area contributed by atoms with Crippen LogP contribution in [-0.4, -0.2) is 68.8 Å². The molecule has 0 radical (unpaired) electrons. The Kier molecular flexibility index (Phi) is 5.17. The van der Waals surface area contributed by atoms with Crippen LogP contribution in [0.25, 0.3) is 6.08 Å². The molecule has 0 amide bonds. The van der Waals surface area contributed by atoms with Gasteiger partial charge in [0.05, 0.1) is 7.11 Å². The summed E-state index contributed by atoms with van der Waals surface area (Å²) in [5.74, 6) is 1.59. The molecule has 0 aromatic heterocycles. The van der Waals surface area contributed by atoms with Crippen LogP contribution in [0.15, 0.2) is 60.7 Å². The molecule has 4 nitrogen and oxygen atoms in total. The molecular weight excluding hydrogens is 358 g/mol. The standard InChI is InChI=1S/C25H31N3O/c1-29-23-11-9-20(10-12-23)6-5-13-26-24-21-16-27-14-15-28(17-21)19-25(24,18-27)22-7-3-2-4-8-22/h2-12,21,24,26H,13-19H2,1H3. The quantitative estimate of drug-likeness (QED) is 0.822. The fourth-order valence-electron chi connectivity index (χ4n) is 5.78. The van der Waals surface area contributed by atoms with E-state index in [1.807, 2.05) is 12.1 Å². The Morgan fingerprint density at radius 2 is 1.69 bits per heavy atom. The van der Waals surface area contributed by atoms with E-state index in [9.17, 15) is 0 Å². The van der Waals surface area contributed by atoms with Crippen LogP contribution in [0.2, 0.25) is 0 Å². The molecule has 4 aliphatic rings. The summed E-state index contributed by atoms with van der Waals surface area (Å²) < 4.78 is 5.25. The Bertz CT molecular complexity index is 832. The highest BCUT2D eigenvalue weighted by Gasteiger charge is 2.54. The third-order valence-electron chi connectivity index (χ3n) is 7.03. The van der Waals surface area contributed by atoms with Crippen LogP contribution in [0.4, 0.5) is 0 Å². The SMILES string of the molecule is COc1ccc(C=CCNC2C3CN4CCN(C3)CC2(c2ccccc2)C4)cc1. The van der Waals surface area contributed by atoms with Crippen molar-refractivity contribution in [3.8, 4) is 5.75 Å². The van der Waals surface area contributed by atoms with Crippen molar-refractivity contribution < 1.29 is 4.74 Å². The number of piperidine rings is 2. The second-order valence-electron chi connectivity index (χ2n) is 8.81. The number of nitrogens with zero attached hydrogens (tertiary/aromatic N) is 2. The van der Waals surface area contributed by atoms with Crippen molar-refractivity contribution in [2.24, 2.45) is 5.92 Å². The number of methoxy groups -OCH3 is 1. The van der Waals surface area contributed by atoms with Gasteiger partial charge in [0.25, 0.3) is 0 Å². The zero-order chi connectivity index (χ0) is 19.7. The molecule has 3 unspecified atom stereocenters. The summed E-state index contributed by atoms with van der Waals surface area (Å²) >= 11 is 0. The van der Waals surface area contributed by atoms with Crippen molar-refractivity contribution in [2.75, 3.05) is 52.9 Å². The zero-order valence-electron chi connectivity index (χ0n) is 17.3. The maximum absolute atomic E-state index is 5.25. The number of fused-ring (bicyclic) bond motifs is 1. The first-order valence-electron chi connectivity index (χ1n) is 10.8. The van der Waals surface area contributed by atoms with E-state index in [0.717, 1.165) is 12.3 Å². The molecule has 4 heteroatoms. The molecule has 4 bridgehead atoms. The first kappa shape index (κ1) is 18.9. The molecule has 4 saturated heterocycles. The summed E-state index contributed by atoms with van der Waals surface area (Å²) in [5.41, 5.74) is 2.90. The minimum Gasteiger partial charge on any atom is -0.497 e. The number of hydrogen-bond donors (Lipinski definition) is 1. The fraction of sp³-hybridized carbons (Fsp3) is 0.440. The van der Waals surface area contributed by atoms with Gasteiger partial charge in [0, 0.05) is 63.2 Å². The Morgan fingerprint density at radius 1 is 1.00 bits per heavy atom. The molecule has 152 valence electrons. The van der Waals surface area contributed by atoms with E-state index in [0.29, 0.717) is 12.0 Å². The van der Waals surface area contributed by atoms with Gasteiger partial charge in [0.1, 0.15) is 5.75 Å². The number of rotatable bonds is 6. The lowest BCUT2D eigenvalue weighted by Crippen LogP contribution is -2.70. The topological polar surface area (TPSA) is 27.7 Å². The lowest BCUT2D eigenvalue weighted by atomic mass is 9.64. The average Bonchev–Trinajstić information content (AvgIpc) is 3.02. The van der Waals surface area contributed by atoms with Crippen molar-refractivity contribution in [3.05, 3.63) is 71.8 Å². The minimum absolute atomic E-state index is 0.187. The number of nitrogens with one attached hydrogen (secondary N) is 1. The van der Waals surface area contributed by atoms with Gasteiger partial charge in [-0.25, -0.2) is 0 Å². The van der Waals surface area contributed by atoms with Crippen LogP contribution in [0.5, 0.6) is 5.75 Å². The normalized spacial score (nSPS) is 33.1. The Hall–Kier alpha value is -2.14. The third kappa shape index (κ3) is 3.61. The molecule has 3 atom stereocenters. The van der Waals surface area contributed by atoms with E-state index in [4.69, 9.17) is 4.74 Å². The highest BCUT2D eigenvalue weighted by atomic mass is 16.5. The summed E-state index contributed by atoms with van der Waals surface area (Å²) in [5, 5.41) is 3.96. The molecule has 4 fully saturated rings. The van der Waals surface area contributed by atoms with Crippen molar-refractivity contribution in [2.45, 2.75) is 11.5 Å². The fourth-order valence-corrected chi connectivity index (χ4v) is 5.78. The molecule has 0 spiro atoms. The molecule has 2 aromatic carbocycles. The molecule has 6 rings (SSSR count). The number of ether oxygens (including phenoxy) is 1. The van der Waals surface area contributed by atoms with E-state index in [1.165, 1.54) is 50.4 Å². The second-order valence-corrected chi connectivity index (χ2v) is 8.81. The lowest BCUT2D eigenvalue weighted by molar-refractivity contribution is 0.0199. The summed E-state index contributed by atoms with van der Waals surface area (Å²) in [6, 6.07) is 20.0. The first-order valence-corrected chi connectivity index (χ1v) is 10.8. The van der Waals surface area contributed by atoms with Gasteiger partial charge >= 0.3 is 0 Å². The number of hydrogen-bond acceptors (Lipinski definition) is 4. The Balaban J connectivity index is 1.34. The van der Waals surface area contributed by atoms with Gasteiger partial charge < -0.3 is 19.9 Å². The third-order valence-corrected chi connectivity index (χ3v) is 7.03. The van der Waals surface area contributed by atoms with Crippen molar-refractivity contribution >= 4 is 6.08 Å². The van der Waals surface area contributed by atoms with E-state index in [2.05, 4.69) is 69.7 Å². The van der Waals surface area contributed by atoms with Crippen LogP contribution in [0.3, 0.4) is 0 Å². The lowest BCUT2D eigenvalue weighted by Gasteiger charge is -2.56. The predicted molar refractivity (Wildman–Crippen MR) is 118 cm³/mol. The van der Waals surface area contributed by atoms with Gasteiger partial charge in [-0.1, -0.05) is 54.6 Å². The van der Waals surface area contributed by atoms with Crippen molar-refractivity contribution in [1.82, 2.24) is 15.1 Å².